The molecule has 0 radical (unpaired) electrons. The van der Waals surface area contributed by atoms with Crippen molar-refractivity contribution in [3.05, 3.63) is 29.3 Å². The van der Waals surface area contributed by atoms with E-state index in [1.807, 2.05) is 0 Å². The third kappa shape index (κ3) is 6.81. The van der Waals surface area contributed by atoms with Gasteiger partial charge in [-0.1, -0.05) is 12.1 Å². The Morgan fingerprint density at radius 3 is 2.56 bits per heavy atom. The third-order valence-electron chi connectivity index (χ3n) is 3.32. The van der Waals surface area contributed by atoms with E-state index >= 15 is 0 Å². The van der Waals surface area contributed by atoms with E-state index in [2.05, 4.69) is 10.0 Å². The van der Waals surface area contributed by atoms with Crippen LogP contribution in [0.25, 0.3) is 0 Å². The normalized spacial score (nSPS) is 12.5. The number of ether oxygens (including phenoxy) is 2. The number of carbonyl (C=O) groups excluding carboxylic acids is 2. The van der Waals surface area contributed by atoms with Crippen LogP contribution >= 0.6 is 0 Å². The maximum absolute atomic E-state index is 12.3. The number of methoxy groups -OCH3 is 1. The van der Waals surface area contributed by atoms with Crippen molar-refractivity contribution in [3.8, 4) is 0 Å². The number of rotatable bonds is 9. The summed E-state index contributed by atoms with van der Waals surface area (Å²) < 4.78 is 36.5. The molecule has 9 heteroatoms. The van der Waals surface area contributed by atoms with E-state index in [1.54, 1.807) is 26.0 Å². The summed E-state index contributed by atoms with van der Waals surface area (Å²) in [5.41, 5.74) is 1.35. The van der Waals surface area contributed by atoms with Crippen molar-refractivity contribution < 1.29 is 27.5 Å². The van der Waals surface area contributed by atoms with E-state index < -0.39 is 34.5 Å². The van der Waals surface area contributed by atoms with Gasteiger partial charge in [0.1, 0.15) is 6.54 Å². The molecule has 0 bridgehead atoms. The van der Waals surface area contributed by atoms with Crippen LogP contribution in [0.1, 0.15) is 18.1 Å². The van der Waals surface area contributed by atoms with Gasteiger partial charge < -0.3 is 14.8 Å². The Kier molecular flexibility index (Phi) is 8.01. The number of hydrogen-bond acceptors (Lipinski definition) is 6. The molecule has 1 aromatic carbocycles. The molecule has 1 amide bonds. The van der Waals surface area contributed by atoms with Gasteiger partial charge in [-0.15, -0.1) is 0 Å². The molecule has 25 heavy (non-hydrogen) atoms. The van der Waals surface area contributed by atoms with Crippen LogP contribution in [0.2, 0.25) is 0 Å². The fourth-order valence-electron chi connectivity index (χ4n) is 1.94. The molecule has 0 unspecified atom stereocenters. The summed E-state index contributed by atoms with van der Waals surface area (Å²) in [6, 6.07) is 5.01. The Morgan fingerprint density at radius 1 is 1.24 bits per heavy atom. The highest BCUT2D eigenvalue weighted by Crippen LogP contribution is 2.16. The van der Waals surface area contributed by atoms with Crippen molar-refractivity contribution in [2.24, 2.45) is 0 Å². The van der Waals surface area contributed by atoms with Crippen molar-refractivity contribution >= 4 is 21.9 Å². The number of benzene rings is 1. The standard InChI is InChI=1S/C16H24N2O6S/c1-11-5-6-12(2)14(9-11)25(21,22)18-10-15(19)24-13(3)16(20)17-7-8-23-4/h5-6,9,13,18H,7-8,10H2,1-4H3,(H,17,20)/t13-/m1/s1. The van der Waals surface area contributed by atoms with Gasteiger partial charge in [0.25, 0.3) is 5.91 Å². The summed E-state index contributed by atoms with van der Waals surface area (Å²) in [7, 11) is -2.35. The van der Waals surface area contributed by atoms with Gasteiger partial charge in [-0.2, -0.15) is 4.72 Å². The summed E-state index contributed by atoms with van der Waals surface area (Å²) in [4.78, 5) is 23.5. The Balaban J connectivity index is 2.57. The van der Waals surface area contributed by atoms with Gasteiger partial charge in [-0.3, -0.25) is 9.59 Å². The molecule has 0 aliphatic heterocycles. The lowest BCUT2D eigenvalue weighted by Crippen LogP contribution is -2.39. The fourth-order valence-corrected chi connectivity index (χ4v) is 3.24. The molecule has 0 saturated heterocycles. The molecule has 8 nitrogen and oxygen atoms in total. The van der Waals surface area contributed by atoms with Crippen LogP contribution in [0.15, 0.2) is 23.1 Å². The molecule has 0 fully saturated rings. The highest BCUT2D eigenvalue weighted by molar-refractivity contribution is 7.89. The van der Waals surface area contributed by atoms with Crippen LogP contribution in [0.3, 0.4) is 0 Å². The molecule has 0 heterocycles. The maximum atomic E-state index is 12.3. The molecule has 0 saturated carbocycles. The van der Waals surface area contributed by atoms with Gasteiger partial charge in [0.05, 0.1) is 11.5 Å². The zero-order valence-electron chi connectivity index (χ0n) is 14.8. The first-order chi connectivity index (χ1) is 11.7. The molecule has 1 aromatic rings. The lowest BCUT2D eigenvalue weighted by molar-refractivity contribution is -0.153. The average molecular weight is 372 g/mol. The van der Waals surface area contributed by atoms with Gasteiger partial charge in [0.15, 0.2) is 6.10 Å². The topological polar surface area (TPSA) is 111 Å². The van der Waals surface area contributed by atoms with Crippen molar-refractivity contribution in [2.45, 2.75) is 31.8 Å². The molecular weight excluding hydrogens is 348 g/mol. The minimum Gasteiger partial charge on any atom is -0.452 e. The molecule has 0 aliphatic carbocycles. The van der Waals surface area contributed by atoms with E-state index in [0.717, 1.165) is 5.56 Å². The summed E-state index contributed by atoms with van der Waals surface area (Å²) >= 11 is 0. The van der Waals surface area contributed by atoms with Gasteiger partial charge in [-0.05, 0) is 38.0 Å². The number of aryl methyl sites for hydroxylation is 2. The largest absolute Gasteiger partial charge is 0.452 e. The first-order valence-corrected chi connectivity index (χ1v) is 9.18. The molecule has 0 aromatic heterocycles. The second kappa shape index (κ2) is 9.50. The van der Waals surface area contributed by atoms with Gasteiger partial charge in [-0.25, -0.2) is 8.42 Å². The summed E-state index contributed by atoms with van der Waals surface area (Å²) in [5, 5.41) is 2.52. The van der Waals surface area contributed by atoms with Crippen LogP contribution < -0.4 is 10.0 Å². The third-order valence-corrected chi connectivity index (χ3v) is 4.87. The predicted octanol–water partition coefficient (Wildman–Crippen LogP) is 0.276. The molecule has 0 aliphatic rings. The fraction of sp³-hybridized carbons (Fsp3) is 0.500. The molecule has 0 spiro atoms. The Morgan fingerprint density at radius 2 is 1.92 bits per heavy atom. The Labute approximate surface area is 147 Å². The van der Waals surface area contributed by atoms with Crippen LogP contribution in [-0.2, 0) is 29.1 Å². The SMILES string of the molecule is COCCNC(=O)[C@@H](C)OC(=O)CNS(=O)(=O)c1cc(C)ccc1C. The summed E-state index contributed by atoms with van der Waals surface area (Å²) in [5.74, 6) is -1.33. The van der Waals surface area contributed by atoms with Gasteiger partial charge in [0.2, 0.25) is 10.0 Å². The van der Waals surface area contributed by atoms with E-state index in [1.165, 1.54) is 20.1 Å². The van der Waals surface area contributed by atoms with Crippen molar-refractivity contribution in [3.63, 3.8) is 0 Å². The molecule has 140 valence electrons. The first-order valence-electron chi connectivity index (χ1n) is 7.70. The van der Waals surface area contributed by atoms with Crippen molar-refractivity contribution in [1.82, 2.24) is 10.0 Å². The second-order valence-corrected chi connectivity index (χ2v) is 7.24. The molecule has 1 rings (SSSR count). The van der Waals surface area contributed by atoms with Crippen LogP contribution in [0, 0.1) is 13.8 Å². The lowest BCUT2D eigenvalue weighted by atomic mass is 10.2. The van der Waals surface area contributed by atoms with Crippen LogP contribution in [-0.4, -0.2) is 53.2 Å². The summed E-state index contributed by atoms with van der Waals surface area (Å²) in [6.45, 7) is 4.90. The molecule has 1 atom stereocenters. The summed E-state index contributed by atoms with van der Waals surface area (Å²) in [6.07, 6.45) is -1.03. The Bertz CT molecular complexity index is 717. The lowest BCUT2D eigenvalue weighted by Gasteiger charge is -2.14. The van der Waals surface area contributed by atoms with Gasteiger partial charge in [0, 0.05) is 13.7 Å². The quantitative estimate of drug-likeness (QED) is 0.476. The van der Waals surface area contributed by atoms with E-state index in [-0.39, 0.29) is 11.4 Å². The minimum absolute atomic E-state index is 0.102. The number of esters is 1. The van der Waals surface area contributed by atoms with E-state index in [0.29, 0.717) is 12.2 Å². The number of carbonyl (C=O) groups is 2. The zero-order chi connectivity index (χ0) is 19.0. The number of hydrogen-bond donors (Lipinski definition) is 2. The maximum Gasteiger partial charge on any atom is 0.321 e. The highest BCUT2D eigenvalue weighted by atomic mass is 32.2. The Hall–Kier alpha value is -1.97. The van der Waals surface area contributed by atoms with Crippen LogP contribution in [0.5, 0.6) is 0 Å². The predicted molar refractivity (Wildman–Crippen MR) is 91.5 cm³/mol. The average Bonchev–Trinajstić information content (AvgIpc) is 2.55. The van der Waals surface area contributed by atoms with Crippen molar-refractivity contribution in [1.29, 1.82) is 0 Å². The highest BCUT2D eigenvalue weighted by Gasteiger charge is 2.21. The molecular formula is C16H24N2O6S. The molecule has 2 N–H and O–H groups in total. The number of nitrogens with one attached hydrogen (secondary N) is 2. The number of amides is 1. The first kappa shape index (κ1) is 21.1. The van der Waals surface area contributed by atoms with E-state index in [9.17, 15) is 18.0 Å². The van der Waals surface area contributed by atoms with Gasteiger partial charge >= 0.3 is 5.97 Å². The van der Waals surface area contributed by atoms with Crippen molar-refractivity contribution in [2.75, 3.05) is 26.8 Å². The van der Waals surface area contributed by atoms with Crippen LogP contribution in [0.4, 0.5) is 0 Å². The monoisotopic (exact) mass is 372 g/mol. The van der Waals surface area contributed by atoms with E-state index in [4.69, 9.17) is 9.47 Å². The second-order valence-electron chi connectivity index (χ2n) is 5.51. The number of sulfonamides is 1. The zero-order valence-corrected chi connectivity index (χ0v) is 15.6. The minimum atomic E-state index is -3.85. The smallest absolute Gasteiger partial charge is 0.321 e.